The van der Waals surface area contributed by atoms with Crippen LogP contribution in [0.4, 0.5) is 0 Å². The van der Waals surface area contributed by atoms with Crippen LogP contribution in [0.1, 0.15) is 9.88 Å². The molecule has 1 atom stereocenters. The van der Waals surface area contributed by atoms with Gasteiger partial charge in [-0.1, -0.05) is 0 Å². The van der Waals surface area contributed by atoms with E-state index in [9.17, 15) is 4.79 Å². The topological polar surface area (TPSA) is 76.2 Å². The lowest BCUT2D eigenvalue weighted by Gasteiger charge is -2.01. The second kappa shape index (κ2) is 3.64. The molecule has 0 spiro atoms. The van der Waals surface area contributed by atoms with Gasteiger partial charge in [0.05, 0.1) is 5.01 Å². The molecule has 0 radical (unpaired) electrons. The summed E-state index contributed by atoms with van der Waals surface area (Å²) in [6.45, 7) is 1.92. The van der Waals surface area contributed by atoms with Gasteiger partial charge in [0.2, 0.25) is 0 Å². The molecule has 0 saturated heterocycles. The number of carboxylic acids is 1. The molecule has 1 heterocycles. The van der Waals surface area contributed by atoms with E-state index in [1.54, 1.807) is 6.20 Å². The molecular weight excluding hydrogens is 176 g/mol. The molecule has 0 saturated carbocycles. The van der Waals surface area contributed by atoms with Crippen LogP contribution in [0.3, 0.4) is 0 Å². The summed E-state index contributed by atoms with van der Waals surface area (Å²) in [5.74, 6) is -0.983. The van der Waals surface area contributed by atoms with Gasteiger partial charge in [-0.25, -0.2) is 4.98 Å². The molecule has 4 nitrogen and oxygen atoms in total. The fourth-order valence-corrected chi connectivity index (χ4v) is 1.62. The first-order valence-corrected chi connectivity index (χ1v) is 4.31. The molecule has 66 valence electrons. The maximum atomic E-state index is 10.4. The summed E-state index contributed by atoms with van der Waals surface area (Å²) in [6, 6.07) is -0.837. The summed E-state index contributed by atoms with van der Waals surface area (Å²) in [5.41, 5.74) is 5.32. The molecule has 3 N–H and O–H groups in total. The Labute approximate surface area is 74.0 Å². The van der Waals surface area contributed by atoms with Crippen molar-refractivity contribution in [2.75, 3.05) is 0 Å². The Morgan fingerprint density at radius 1 is 1.92 bits per heavy atom. The number of hydrogen-bond acceptors (Lipinski definition) is 4. The minimum Gasteiger partial charge on any atom is -0.480 e. The predicted molar refractivity (Wildman–Crippen MR) is 46.2 cm³/mol. The molecule has 0 aliphatic carbocycles. The van der Waals surface area contributed by atoms with Gasteiger partial charge in [-0.15, -0.1) is 11.3 Å². The van der Waals surface area contributed by atoms with Crippen LogP contribution >= 0.6 is 11.3 Å². The Morgan fingerprint density at radius 3 is 3.00 bits per heavy atom. The van der Waals surface area contributed by atoms with Gasteiger partial charge >= 0.3 is 5.97 Å². The lowest BCUT2D eigenvalue weighted by molar-refractivity contribution is -0.138. The smallest absolute Gasteiger partial charge is 0.320 e. The number of thiazole rings is 1. The third kappa shape index (κ3) is 2.28. The number of nitrogens with two attached hydrogens (primary N) is 1. The normalized spacial score (nSPS) is 12.8. The van der Waals surface area contributed by atoms with Crippen molar-refractivity contribution in [1.29, 1.82) is 0 Å². The fourth-order valence-electron chi connectivity index (χ4n) is 0.771. The molecule has 1 aromatic rings. The predicted octanol–water partition coefficient (Wildman–Crippen LogP) is 0.406. The standard InChI is InChI=1S/C7H10N2O2S/c1-4-3-9-6(12-4)2-5(8)7(10)11/h3,5H,2,8H2,1H3,(H,10,11)/t5-/m1/s1. The van der Waals surface area contributed by atoms with Crippen LogP contribution in [-0.2, 0) is 11.2 Å². The fraction of sp³-hybridized carbons (Fsp3) is 0.429. The summed E-state index contributed by atoms with van der Waals surface area (Å²) in [7, 11) is 0. The van der Waals surface area contributed by atoms with Crippen molar-refractivity contribution < 1.29 is 9.90 Å². The summed E-state index contributed by atoms with van der Waals surface area (Å²) in [6.07, 6.45) is 2.03. The Bertz CT molecular complexity index is 285. The van der Waals surface area contributed by atoms with Gasteiger partial charge in [-0.05, 0) is 6.92 Å². The lowest BCUT2D eigenvalue weighted by atomic mass is 10.2. The van der Waals surface area contributed by atoms with Crippen molar-refractivity contribution in [2.45, 2.75) is 19.4 Å². The van der Waals surface area contributed by atoms with Crippen LogP contribution in [0, 0.1) is 6.92 Å². The van der Waals surface area contributed by atoms with Gasteiger partial charge in [0.1, 0.15) is 6.04 Å². The molecule has 0 unspecified atom stereocenters. The third-order valence-electron chi connectivity index (χ3n) is 1.38. The number of nitrogens with zero attached hydrogens (tertiary/aromatic N) is 1. The highest BCUT2D eigenvalue weighted by molar-refractivity contribution is 7.11. The monoisotopic (exact) mass is 186 g/mol. The maximum Gasteiger partial charge on any atom is 0.320 e. The van der Waals surface area contributed by atoms with E-state index in [2.05, 4.69) is 4.98 Å². The second-order valence-electron chi connectivity index (χ2n) is 2.51. The van der Waals surface area contributed by atoms with Gasteiger partial charge in [0.15, 0.2) is 0 Å². The van der Waals surface area contributed by atoms with E-state index in [4.69, 9.17) is 10.8 Å². The second-order valence-corrected chi connectivity index (χ2v) is 3.83. The first-order chi connectivity index (χ1) is 5.59. The summed E-state index contributed by atoms with van der Waals surface area (Å²) in [5, 5.41) is 9.28. The Kier molecular flexibility index (Phi) is 2.78. The average molecular weight is 186 g/mol. The van der Waals surface area contributed by atoms with Crippen LogP contribution in [0.2, 0.25) is 0 Å². The van der Waals surface area contributed by atoms with Gasteiger partial charge in [-0.3, -0.25) is 4.79 Å². The van der Waals surface area contributed by atoms with Crippen LogP contribution < -0.4 is 5.73 Å². The number of aromatic nitrogens is 1. The zero-order chi connectivity index (χ0) is 9.14. The lowest BCUT2D eigenvalue weighted by Crippen LogP contribution is -2.32. The van der Waals surface area contributed by atoms with Crippen molar-refractivity contribution in [3.8, 4) is 0 Å². The van der Waals surface area contributed by atoms with Crippen molar-refractivity contribution in [2.24, 2.45) is 5.73 Å². The van der Waals surface area contributed by atoms with E-state index in [1.165, 1.54) is 11.3 Å². The molecule has 0 fully saturated rings. The van der Waals surface area contributed by atoms with Crippen LogP contribution in [0.25, 0.3) is 0 Å². The van der Waals surface area contributed by atoms with E-state index in [1.807, 2.05) is 6.92 Å². The van der Waals surface area contributed by atoms with E-state index < -0.39 is 12.0 Å². The van der Waals surface area contributed by atoms with Gasteiger partial charge < -0.3 is 10.8 Å². The molecule has 5 heteroatoms. The Balaban J connectivity index is 2.58. The number of carbonyl (C=O) groups is 1. The maximum absolute atomic E-state index is 10.4. The van der Waals surface area contributed by atoms with Gasteiger partial charge in [0.25, 0.3) is 0 Å². The molecule has 0 aliphatic heterocycles. The highest BCUT2D eigenvalue weighted by Crippen LogP contribution is 2.12. The molecule has 1 aromatic heterocycles. The van der Waals surface area contributed by atoms with Gasteiger partial charge in [-0.2, -0.15) is 0 Å². The van der Waals surface area contributed by atoms with Gasteiger partial charge in [0, 0.05) is 17.5 Å². The van der Waals surface area contributed by atoms with E-state index in [0.717, 1.165) is 9.88 Å². The number of aliphatic carboxylic acids is 1. The molecule has 1 rings (SSSR count). The molecule has 12 heavy (non-hydrogen) atoms. The van der Waals surface area contributed by atoms with Crippen molar-refractivity contribution in [1.82, 2.24) is 4.98 Å². The highest BCUT2D eigenvalue weighted by atomic mass is 32.1. The largest absolute Gasteiger partial charge is 0.480 e. The van der Waals surface area contributed by atoms with E-state index >= 15 is 0 Å². The third-order valence-corrected chi connectivity index (χ3v) is 2.32. The highest BCUT2D eigenvalue weighted by Gasteiger charge is 2.13. The van der Waals surface area contributed by atoms with Crippen molar-refractivity contribution in [3.63, 3.8) is 0 Å². The first kappa shape index (κ1) is 9.15. The SMILES string of the molecule is Cc1cnc(C[C@@H](N)C(=O)O)s1. The zero-order valence-electron chi connectivity index (χ0n) is 6.65. The van der Waals surface area contributed by atoms with Crippen LogP contribution in [-0.4, -0.2) is 22.1 Å². The van der Waals surface area contributed by atoms with E-state index in [-0.39, 0.29) is 0 Å². The zero-order valence-corrected chi connectivity index (χ0v) is 7.47. The minimum atomic E-state index is -0.983. The molecule has 0 aliphatic rings. The molecular formula is C7H10N2O2S. The summed E-state index contributed by atoms with van der Waals surface area (Å²) in [4.78, 5) is 15.4. The number of carboxylic acid groups (broad SMARTS) is 1. The van der Waals surface area contributed by atoms with E-state index in [0.29, 0.717) is 6.42 Å². The molecule has 0 bridgehead atoms. The number of aryl methyl sites for hydroxylation is 1. The number of rotatable bonds is 3. The Morgan fingerprint density at radius 2 is 2.58 bits per heavy atom. The van der Waals surface area contributed by atoms with Crippen LogP contribution in [0.5, 0.6) is 0 Å². The van der Waals surface area contributed by atoms with Crippen molar-refractivity contribution >= 4 is 17.3 Å². The first-order valence-electron chi connectivity index (χ1n) is 3.49. The quantitative estimate of drug-likeness (QED) is 0.716. The number of hydrogen-bond donors (Lipinski definition) is 2. The molecule has 0 amide bonds. The summed E-state index contributed by atoms with van der Waals surface area (Å²) < 4.78 is 0. The van der Waals surface area contributed by atoms with Crippen molar-refractivity contribution in [3.05, 3.63) is 16.1 Å². The minimum absolute atomic E-state index is 0.313. The summed E-state index contributed by atoms with van der Waals surface area (Å²) >= 11 is 1.48. The molecule has 0 aromatic carbocycles. The Hall–Kier alpha value is -0.940. The van der Waals surface area contributed by atoms with Crippen LogP contribution in [0.15, 0.2) is 6.20 Å². The average Bonchev–Trinajstić information content (AvgIpc) is 2.35.